The number of carbonyl (C=O) groups is 1. The molecule has 0 aromatic carbocycles. The van der Waals surface area contributed by atoms with Crippen molar-refractivity contribution in [2.75, 3.05) is 12.8 Å². The molecule has 0 aliphatic carbocycles. The number of nitroso groups, excluding NO2 is 1. The Morgan fingerprint density at radius 1 is 0.549 bits per heavy atom. The molecule has 258 valence electrons. The van der Waals surface area contributed by atoms with Crippen molar-refractivity contribution in [2.24, 2.45) is 10.9 Å². The molecule has 4 N–H and O–H groups in total. The third kappa shape index (κ3) is 9.99. The Morgan fingerprint density at radius 2 is 1.02 bits per heavy atom. The van der Waals surface area contributed by atoms with E-state index in [1.165, 1.54) is 7.05 Å². The number of amides is 1. The van der Waals surface area contributed by atoms with E-state index in [1.54, 1.807) is 18.2 Å². The van der Waals surface area contributed by atoms with Gasteiger partial charge < -0.3 is 11.5 Å². The van der Waals surface area contributed by atoms with Gasteiger partial charge in [-0.3, -0.25) is 29.7 Å². The van der Waals surface area contributed by atoms with Gasteiger partial charge in [0.2, 0.25) is 0 Å². The van der Waals surface area contributed by atoms with Crippen LogP contribution in [0.25, 0.3) is 34.2 Å². The summed E-state index contributed by atoms with van der Waals surface area (Å²) in [6.07, 6.45) is 4.68. The minimum absolute atomic E-state index is 0.240. The third-order valence-corrected chi connectivity index (χ3v) is 8.02. The van der Waals surface area contributed by atoms with Crippen LogP contribution in [-0.4, -0.2) is 42.9 Å². The smallest absolute Gasteiger partial charge is 0.316 e. The molecule has 1 aliphatic heterocycles. The SMILES string of the molecule is CN.Cc1cc2nc(c1)-c1cc(C(=O)N=O)cc(n1)CCCc1cccc(n1)-c1cccc(n1)CCC2.Cc1cccc(-c2cccc(N)n2)n1. The van der Waals surface area contributed by atoms with E-state index >= 15 is 0 Å². The first kappa shape index (κ1) is 36.2. The molecule has 0 radical (unpaired) electrons. The van der Waals surface area contributed by atoms with E-state index in [0.717, 1.165) is 88.9 Å². The summed E-state index contributed by atoms with van der Waals surface area (Å²) in [4.78, 5) is 51.0. The van der Waals surface area contributed by atoms with Crippen LogP contribution in [0.2, 0.25) is 0 Å². The fraction of sp³-hybridized carbons (Fsp3) is 0.225. The average Bonchev–Trinajstić information content (AvgIpc) is 3.15. The number of pyridine rings is 6. The van der Waals surface area contributed by atoms with Gasteiger partial charge in [0.15, 0.2) is 0 Å². The number of rotatable bonds is 2. The third-order valence-electron chi connectivity index (χ3n) is 8.02. The molecule has 8 bridgehead atoms. The first-order valence-electron chi connectivity index (χ1n) is 16.9. The van der Waals surface area contributed by atoms with Gasteiger partial charge in [0.25, 0.3) is 0 Å². The van der Waals surface area contributed by atoms with Crippen LogP contribution in [0.5, 0.6) is 0 Å². The van der Waals surface area contributed by atoms with Gasteiger partial charge in [-0.15, -0.1) is 4.91 Å². The Bertz CT molecular complexity index is 2090. The van der Waals surface area contributed by atoms with E-state index in [2.05, 4.69) is 33.0 Å². The molecule has 1 aliphatic rings. The number of aromatic nitrogens is 6. The van der Waals surface area contributed by atoms with Crippen molar-refractivity contribution in [1.82, 2.24) is 29.9 Å². The number of fused-ring (bicyclic) bond motifs is 10. The van der Waals surface area contributed by atoms with Crippen molar-refractivity contribution in [3.8, 4) is 34.2 Å². The van der Waals surface area contributed by atoms with Crippen LogP contribution in [0, 0.1) is 18.8 Å². The summed E-state index contributed by atoms with van der Waals surface area (Å²) in [6, 6.07) is 30.8. The molecule has 11 nitrogen and oxygen atoms in total. The van der Waals surface area contributed by atoms with Gasteiger partial charge in [0, 0.05) is 39.2 Å². The number of nitrogen functional groups attached to an aromatic ring is 1. The molecule has 51 heavy (non-hydrogen) atoms. The second kappa shape index (κ2) is 17.5. The molecule has 11 heteroatoms. The molecular formula is C40H41N9O2. The lowest BCUT2D eigenvalue weighted by molar-refractivity contribution is 0.100. The van der Waals surface area contributed by atoms with Crippen LogP contribution in [-0.2, 0) is 25.7 Å². The molecule has 0 unspecified atom stereocenters. The van der Waals surface area contributed by atoms with Crippen molar-refractivity contribution in [1.29, 1.82) is 0 Å². The van der Waals surface area contributed by atoms with E-state index in [1.807, 2.05) is 80.6 Å². The van der Waals surface area contributed by atoms with Crippen LogP contribution < -0.4 is 11.5 Å². The zero-order chi connectivity index (χ0) is 36.2. The highest BCUT2D eigenvalue weighted by molar-refractivity contribution is 5.95. The average molecular weight is 680 g/mol. The quantitative estimate of drug-likeness (QED) is 0.180. The fourth-order valence-corrected chi connectivity index (χ4v) is 5.73. The summed E-state index contributed by atoms with van der Waals surface area (Å²) in [7, 11) is 1.50. The maximum Gasteiger partial charge on any atom is 0.316 e. The maximum atomic E-state index is 12.1. The monoisotopic (exact) mass is 679 g/mol. The second-order valence-electron chi connectivity index (χ2n) is 12.0. The van der Waals surface area contributed by atoms with Crippen LogP contribution in [0.3, 0.4) is 0 Å². The van der Waals surface area contributed by atoms with Crippen LogP contribution in [0.1, 0.15) is 57.2 Å². The predicted molar refractivity (Wildman–Crippen MR) is 201 cm³/mol. The lowest BCUT2D eigenvalue weighted by Gasteiger charge is -2.11. The summed E-state index contributed by atoms with van der Waals surface area (Å²) in [5, 5.41) is 2.62. The Hall–Kier alpha value is -6.07. The normalized spacial score (nSPS) is 12.1. The molecule has 6 aromatic rings. The van der Waals surface area contributed by atoms with Crippen molar-refractivity contribution in [2.45, 2.75) is 52.4 Å². The second-order valence-corrected chi connectivity index (χ2v) is 12.0. The summed E-state index contributed by atoms with van der Waals surface area (Å²) < 4.78 is 0. The van der Waals surface area contributed by atoms with Gasteiger partial charge in [-0.1, -0.05) is 24.3 Å². The molecule has 0 saturated heterocycles. The maximum absolute atomic E-state index is 12.1. The van der Waals surface area contributed by atoms with Crippen LogP contribution >= 0.6 is 0 Å². The van der Waals surface area contributed by atoms with Crippen molar-refractivity contribution >= 4 is 11.7 Å². The van der Waals surface area contributed by atoms with E-state index < -0.39 is 5.91 Å². The van der Waals surface area contributed by atoms with E-state index in [-0.39, 0.29) is 5.56 Å². The molecule has 0 spiro atoms. The first-order valence-corrected chi connectivity index (χ1v) is 16.9. The highest BCUT2D eigenvalue weighted by atomic mass is 16.3. The van der Waals surface area contributed by atoms with Gasteiger partial charge in [-0.05, 0) is 138 Å². The largest absolute Gasteiger partial charge is 0.384 e. The summed E-state index contributed by atoms with van der Waals surface area (Å²) >= 11 is 0. The van der Waals surface area contributed by atoms with Crippen LogP contribution in [0.4, 0.5) is 5.82 Å². The molecule has 6 aromatic heterocycles. The van der Waals surface area contributed by atoms with Gasteiger partial charge in [0.1, 0.15) is 5.82 Å². The Morgan fingerprint density at radius 3 is 1.59 bits per heavy atom. The van der Waals surface area contributed by atoms with Crippen LogP contribution in [0.15, 0.2) is 102 Å². The van der Waals surface area contributed by atoms with E-state index in [4.69, 9.17) is 25.7 Å². The number of hydrogen-bond donors (Lipinski definition) is 2. The molecule has 0 saturated carbocycles. The molecule has 0 fully saturated rings. The zero-order valence-electron chi connectivity index (χ0n) is 29.1. The Kier molecular flexibility index (Phi) is 12.5. The molecule has 7 heterocycles. The summed E-state index contributed by atoms with van der Waals surface area (Å²) in [6.45, 7) is 3.98. The van der Waals surface area contributed by atoms with E-state index in [9.17, 15) is 9.70 Å². The summed E-state index contributed by atoms with van der Waals surface area (Å²) in [5.74, 6) is -0.279. The Balaban J connectivity index is 0.000000262. The number of hydrogen-bond acceptors (Lipinski definition) is 10. The fourth-order valence-electron chi connectivity index (χ4n) is 5.73. The van der Waals surface area contributed by atoms with Gasteiger partial charge in [0.05, 0.1) is 34.2 Å². The highest BCUT2D eigenvalue weighted by Crippen LogP contribution is 2.23. The molecule has 1 amide bonds. The lowest BCUT2D eigenvalue weighted by atomic mass is 10.0. The number of aryl methyl sites for hydroxylation is 6. The lowest BCUT2D eigenvalue weighted by Crippen LogP contribution is -2.04. The van der Waals surface area contributed by atoms with Gasteiger partial charge in [-0.25, -0.2) is 4.98 Å². The highest BCUT2D eigenvalue weighted by Gasteiger charge is 2.14. The number of nitrogens with two attached hydrogens (primary N) is 2. The standard InChI is InChI=1S/C28H25N5O2.C11H11N3.CH5N/c1-18-14-22-10-2-6-20-8-4-12-24(29-20)25-13-5-9-21(30-25)7-3-11-23-16-19(28(34)33-35)17-27(32-23)26(15-18)31-22;1-8-4-2-5-9(13-8)10-6-3-7-11(12)14-10;1-2/h4-5,8-9,12-17H,2-3,6-7,10-11H2,1H3;2-7H,1H3,(H2,12,14);2H2,1H3. The molecule has 0 atom stereocenters. The van der Waals surface area contributed by atoms with E-state index in [0.29, 0.717) is 23.6 Å². The zero-order valence-corrected chi connectivity index (χ0v) is 29.1. The number of nitrogens with zero attached hydrogens (tertiary/aromatic N) is 7. The Labute approximate surface area is 297 Å². The minimum atomic E-state index is -0.798. The minimum Gasteiger partial charge on any atom is -0.384 e. The van der Waals surface area contributed by atoms with Crippen molar-refractivity contribution in [3.05, 3.63) is 142 Å². The topological polar surface area (TPSA) is 176 Å². The molecule has 7 rings (SSSR count). The van der Waals surface area contributed by atoms with Crippen molar-refractivity contribution in [3.63, 3.8) is 0 Å². The van der Waals surface area contributed by atoms with Crippen molar-refractivity contribution < 1.29 is 4.79 Å². The number of carbonyl (C=O) groups excluding carboxylic acids is 1. The van der Waals surface area contributed by atoms with Gasteiger partial charge >= 0.3 is 5.91 Å². The molecular weight excluding hydrogens is 639 g/mol. The number of anilines is 1. The summed E-state index contributed by atoms with van der Waals surface area (Å²) in [5.41, 5.74) is 20.8. The predicted octanol–water partition coefficient (Wildman–Crippen LogP) is 7.09. The van der Waals surface area contributed by atoms with Gasteiger partial charge in [-0.2, -0.15) is 0 Å². The first-order chi connectivity index (χ1) is 24.8.